The number of hydrogen-bond acceptors (Lipinski definition) is 5. The molecule has 8 nitrogen and oxygen atoms in total. The summed E-state index contributed by atoms with van der Waals surface area (Å²) in [6.45, 7) is 6.14. The maximum atomic E-state index is 12.6. The number of nitrogens with zero attached hydrogens (tertiary/aromatic N) is 2. The van der Waals surface area contributed by atoms with E-state index in [-0.39, 0.29) is 16.5 Å². The second-order valence-electron chi connectivity index (χ2n) is 7.66. The number of hydrogen-bond donors (Lipinski definition) is 1. The third-order valence-electron chi connectivity index (χ3n) is 4.47. The van der Waals surface area contributed by atoms with Crippen molar-refractivity contribution in [3.8, 4) is 0 Å². The molecule has 0 saturated heterocycles. The molecule has 1 heterocycles. The van der Waals surface area contributed by atoms with Crippen LogP contribution in [0.4, 0.5) is 17.1 Å². The van der Waals surface area contributed by atoms with E-state index in [1.165, 1.54) is 12.1 Å². The van der Waals surface area contributed by atoms with E-state index in [0.717, 1.165) is 23.4 Å². The van der Waals surface area contributed by atoms with Crippen molar-refractivity contribution in [2.45, 2.75) is 32.1 Å². The molecule has 0 spiro atoms. The van der Waals surface area contributed by atoms with Gasteiger partial charge in [-0.25, -0.2) is 8.42 Å². The second kappa shape index (κ2) is 6.90. The smallest absolute Gasteiger partial charge is 0.269 e. The fraction of sp³-hybridized carbons (Fsp3) is 0.316. The number of fused-ring (bicyclic) bond motifs is 1. The Hall–Kier alpha value is -2.94. The first-order chi connectivity index (χ1) is 13.0. The molecule has 0 aliphatic carbocycles. The van der Waals surface area contributed by atoms with E-state index in [4.69, 9.17) is 0 Å². The van der Waals surface area contributed by atoms with Gasteiger partial charge in [-0.3, -0.25) is 19.6 Å². The van der Waals surface area contributed by atoms with Crippen LogP contribution in [-0.2, 0) is 21.2 Å². The van der Waals surface area contributed by atoms with Gasteiger partial charge in [0.15, 0.2) is 0 Å². The summed E-state index contributed by atoms with van der Waals surface area (Å²) in [6.07, 6.45) is 0.643. The van der Waals surface area contributed by atoms with Crippen LogP contribution in [0.3, 0.4) is 0 Å². The SMILES string of the molecule is CC(C)(C)C(=O)N1CCc2cc(NS(=O)(=O)c3ccc([N+](=O)[O-])cc3)ccc21. The van der Waals surface area contributed by atoms with E-state index in [1.807, 2.05) is 20.8 Å². The summed E-state index contributed by atoms with van der Waals surface area (Å²) in [5.74, 6) is 0.0189. The van der Waals surface area contributed by atoms with E-state index in [2.05, 4.69) is 4.72 Å². The third kappa shape index (κ3) is 3.84. The zero-order valence-corrected chi connectivity index (χ0v) is 16.6. The zero-order valence-electron chi connectivity index (χ0n) is 15.8. The summed E-state index contributed by atoms with van der Waals surface area (Å²) in [4.78, 5) is 24.4. The highest BCUT2D eigenvalue weighted by molar-refractivity contribution is 7.92. The van der Waals surface area contributed by atoms with Crippen molar-refractivity contribution in [1.82, 2.24) is 0 Å². The fourth-order valence-corrected chi connectivity index (χ4v) is 4.09. The molecule has 28 heavy (non-hydrogen) atoms. The number of nitrogens with one attached hydrogen (secondary N) is 1. The van der Waals surface area contributed by atoms with Gasteiger partial charge in [-0.15, -0.1) is 0 Å². The highest BCUT2D eigenvalue weighted by Gasteiger charge is 2.32. The van der Waals surface area contributed by atoms with E-state index in [0.29, 0.717) is 18.7 Å². The van der Waals surface area contributed by atoms with Crippen molar-refractivity contribution in [2.75, 3.05) is 16.2 Å². The van der Waals surface area contributed by atoms with Gasteiger partial charge >= 0.3 is 0 Å². The Kier molecular flexibility index (Phi) is 4.88. The van der Waals surface area contributed by atoms with Crippen molar-refractivity contribution in [2.24, 2.45) is 5.41 Å². The van der Waals surface area contributed by atoms with E-state index < -0.39 is 20.4 Å². The number of sulfonamides is 1. The molecule has 9 heteroatoms. The second-order valence-corrected chi connectivity index (χ2v) is 9.34. The summed E-state index contributed by atoms with van der Waals surface area (Å²) >= 11 is 0. The van der Waals surface area contributed by atoms with Gasteiger partial charge in [0, 0.05) is 35.5 Å². The number of benzene rings is 2. The van der Waals surface area contributed by atoms with Crippen molar-refractivity contribution in [1.29, 1.82) is 0 Å². The van der Waals surface area contributed by atoms with Gasteiger partial charge in [-0.05, 0) is 42.3 Å². The Morgan fingerprint density at radius 2 is 1.79 bits per heavy atom. The molecule has 1 aliphatic heterocycles. The molecule has 1 amide bonds. The number of carbonyl (C=O) groups excluding carboxylic acids is 1. The molecule has 2 aromatic rings. The predicted molar refractivity (Wildman–Crippen MR) is 106 cm³/mol. The van der Waals surface area contributed by atoms with Crippen molar-refractivity contribution >= 4 is 33.0 Å². The van der Waals surface area contributed by atoms with Gasteiger partial charge in [0.1, 0.15) is 0 Å². The van der Waals surface area contributed by atoms with Gasteiger partial charge in [-0.1, -0.05) is 20.8 Å². The van der Waals surface area contributed by atoms with Gasteiger partial charge in [-0.2, -0.15) is 0 Å². The monoisotopic (exact) mass is 403 g/mol. The Labute approximate surface area is 163 Å². The van der Waals surface area contributed by atoms with E-state index >= 15 is 0 Å². The summed E-state index contributed by atoms with van der Waals surface area (Å²) < 4.78 is 27.6. The van der Waals surface area contributed by atoms with Crippen LogP contribution in [0.5, 0.6) is 0 Å². The van der Waals surface area contributed by atoms with Gasteiger partial charge in [0.25, 0.3) is 15.7 Å². The van der Waals surface area contributed by atoms with Crippen LogP contribution in [0, 0.1) is 15.5 Å². The Morgan fingerprint density at radius 1 is 1.14 bits per heavy atom. The lowest BCUT2D eigenvalue weighted by atomic mass is 9.94. The number of amides is 1. The first kappa shape index (κ1) is 19.8. The van der Waals surface area contributed by atoms with Crippen LogP contribution < -0.4 is 9.62 Å². The van der Waals surface area contributed by atoms with Crippen molar-refractivity contribution in [3.63, 3.8) is 0 Å². The molecule has 1 aliphatic rings. The standard InChI is InChI=1S/C19H21N3O5S/c1-19(2,3)18(23)21-11-10-13-12-14(4-9-17(13)21)20-28(26,27)16-7-5-15(6-8-16)22(24)25/h4-9,12,20H,10-11H2,1-3H3. The molecular formula is C19H21N3O5S. The number of rotatable bonds is 4. The number of carbonyl (C=O) groups is 1. The summed E-state index contributed by atoms with van der Waals surface area (Å²) in [6, 6.07) is 9.74. The summed E-state index contributed by atoms with van der Waals surface area (Å²) in [5, 5.41) is 10.7. The van der Waals surface area contributed by atoms with Crippen LogP contribution in [0.25, 0.3) is 0 Å². The van der Waals surface area contributed by atoms with E-state index in [9.17, 15) is 23.3 Å². The molecule has 0 bridgehead atoms. The first-order valence-electron chi connectivity index (χ1n) is 8.71. The van der Waals surface area contributed by atoms with Crippen molar-refractivity contribution in [3.05, 3.63) is 58.1 Å². The average molecular weight is 403 g/mol. The lowest BCUT2D eigenvalue weighted by Gasteiger charge is -2.26. The zero-order chi connectivity index (χ0) is 20.7. The third-order valence-corrected chi connectivity index (χ3v) is 5.87. The highest BCUT2D eigenvalue weighted by atomic mass is 32.2. The Morgan fingerprint density at radius 3 is 2.36 bits per heavy atom. The molecule has 1 N–H and O–H groups in total. The molecule has 2 aromatic carbocycles. The van der Waals surface area contributed by atoms with Crippen LogP contribution in [0.15, 0.2) is 47.4 Å². The van der Waals surface area contributed by atoms with Gasteiger partial charge < -0.3 is 4.90 Å². The van der Waals surface area contributed by atoms with Crippen LogP contribution in [-0.4, -0.2) is 25.8 Å². The number of nitro benzene ring substituents is 1. The number of anilines is 2. The maximum absolute atomic E-state index is 12.6. The molecule has 0 radical (unpaired) electrons. The predicted octanol–water partition coefficient (Wildman–Crippen LogP) is 3.33. The molecular weight excluding hydrogens is 382 g/mol. The van der Waals surface area contributed by atoms with E-state index in [1.54, 1.807) is 23.1 Å². The number of nitro groups is 1. The molecule has 0 aromatic heterocycles. The van der Waals surface area contributed by atoms with Gasteiger partial charge in [0.2, 0.25) is 5.91 Å². The first-order valence-corrected chi connectivity index (χ1v) is 10.2. The normalized spacial score (nSPS) is 13.9. The molecule has 3 rings (SSSR count). The van der Waals surface area contributed by atoms with Crippen LogP contribution >= 0.6 is 0 Å². The molecule has 0 unspecified atom stereocenters. The molecule has 0 fully saturated rings. The van der Waals surface area contributed by atoms with Gasteiger partial charge in [0.05, 0.1) is 9.82 Å². The summed E-state index contributed by atoms with van der Waals surface area (Å²) in [5.41, 5.74) is 1.37. The maximum Gasteiger partial charge on any atom is 0.269 e. The largest absolute Gasteiger partial charge is 0.311 e. The van der Waals surface area contributed by atoms with Crippen LogP contribution in [0.1, 0.15) is 26.3 Å². The van der Waals surface area contributed by atoms with Crippen LogP contribution in [0.2, 0.25) is 0 Å². The Balaban J connectivity index is 1.83. The molecule has 148 valence electrons. The minimum Gasteiger partial charge on any atom is -0.311 e. The number of non-ortho nitro benzene ring substituents is 1. The molecule has 0 atom stereocenters. The highest BCUT2D eigenvalue weighted by Crippen LogP contribution is 2.34. The summed E-state index contributed by atoms with van der Waals surface area (Å²) in [7, 11) is -3.88. The Bertz CT molecular complexity index is 1040. The quantitative estimate of drug-likeness (QED) is 0.622. The minimum absolute atomic E-state index is 0.0189. The fourth-order valence-electron chi connectivity index (χ4n) is 3.04. The topological polar surface area (TPSA) is 110 Å². The minimum atomic E-state index is -3.88. The lowest BCUT2D eigenvalue weighted by molar-refractivity contribution is -0.384. The lowest BCUT2D eigenvalue weighted by Crippen LogP contribution is -2.38. The molecule has 0 saturated carbocycles. The van der Waals surface area contributed by atoms with Crippen molar-refractivity contribution < 1.29 is 18.1 Å². The average Bonchev–Trinajstić information content (AvgIpc) is 3.03.